The van der Waals surface area contributed by atoms with Gasteiger partial charge in [-0.1, -0.05) is 6.07 Å². The van der Waals surface area contributed by atoms with Crippen LogP contribution in [-0.2, 0) is 6.42 Å². The van der Waals surface area contributed by atoms with Crippen molar-refractivity contribution in [3.05, 3.63) is 47.8 Å². The number of anilines is 1. The Kier molecular flexibility index (Phi) is 4.50. The van der Waals surface area contributed by atoms with Gasteiger partial charge in [0, 0.05) is 24.9 Å². The van der Waals surface area contributed by atoms with Crippen LogP contribution in [-0.4, -0.2) is 33.6 Å². The molecule has 110 valence electrons. The van der Waals surface area contributed by atoms with Crippen molar-refractivity contribution in [3.8, 4) is 0 Å². The Morgan fingerprint density at radius 1 is 1.38 bits per heavy atom. The number of aromatic amines is 1. The molecule has 2 aromatic rings. The predicted molar refractivity (Wildman–Crippen MR) is 72.7 cm³/mol. The van der Waals surface area contributed by atoms with Crippen molar-refractivity contribution in [1.29, 1.82) is 0 Å². The Labute approximate surface area is 119 Å². The Hall–Kier alpha value is -2.90. The number of carboxylic acid groups (broad SMARTS) is 1. The molecule has 1 aromatic carbocycles. The maximum absolute atomic E-state index is 13.4. The van der Waals surface area contributed by atoms with Crippen LogP contribution in [0.5, 0.6) is 0 Å². The zero-order valence-electron chi connectivity index (χ0n) is 10.9. The fourth-order valence-electron chi connectivity index (χ4n) is 1.74. The molecule has 0 saturated heterocycles. The normalized spacial score (nSPS) is 10.1. The van der Waals surface area contributed by atoms with Crippen LogP contribution in [0.4, 0.5) is 14.9 Å². The third-order valence-electron chi connectivity index (χ3n) is 2.71. The van der Waals surface area contributed by atoms with Crippen LogP contribution in [0.3, 0.4) is 0 Å². The Morgan fingerprint density at radius 3 is 2.86 bits per heavy atom. The molecular formula is C13H13FN4O3. The molecule has 0 saturated carbocycles. The van der Waals surface area contributed by atoms with E-state index in [2.05, 4.69) is 20.6 Å². The first-order chi connectivity index (χ1) is 10.1. The molecule has 1 heterocycles. The number of aromatic carboxylic acids is 1. The van der Waals surface area contributed by atoms with Gasteiger partial charge in [0.25, 0.3) is 0 Å². The Bertz CT molecular complexity index is 643. The number of hydrogen-bond acceptors (Lipinski definition) is 3. The van der Waals surface area contributed by atoms with Crippen LogP contribution in [0.2, 0.25) is 0 Å². The second-order valence-corrected chi connectivity index (χ2v) is 4.18. The number of hydrogen-bond donors (Lipinski definition) is 4. The van der Waals surface area contributed by atoms with Crippen LogP contribution < -0.4 is 10.6 Å². The number of aromatic nitrogens is 2. The van der Waals surface area contributed by atoms with Gasteiger partial charge in [-0.05, 0) is 12.1 Å². The highest BCUT2D eigenvalue weighted by Crippen LogP contribution is 2.18. The molecule has 21 heavy (non-hydrogen) atoms. The van der Waals surface area contributed by atoms with Crippen molar-refractivity contribution in [2.75, 3.05) is 11.9 Å². The topological polar surface area (TPSA) is 107 Å². The van der Waals surface area contributed by atoms with Gasteiger partial charge in [-0.3, -0.25) is 0 Å². The summed E-state index contributed by atoms with van der Waals surface area (Å²) < 4.78 is 13.4. The lowest BCUT2D eigenvalue weighted by Crippen LogP contribution is -2.31. The van der Waals surface area contributed by atoms with E-state index < -0.39 is 23.4 Å². The minimum Gasteiger partial charge on any atom is -0.478 e. The number of carbonyl (C=O) groups is 2. The second kappa shape index (κ2) is 6.51. The summed E-state index contributed by atoms with van der Waals surface area (Å²) in [6.07, 6.45) is 3.71. The number of carbonyl (C=O) groups excluding carboxylic acids is 1. The first-order valence-corrected chi connectivity index (χ1v) is 6.12. The average molecular weight is 292 g/mol. The summed E-state index contributed by atoms with van der Waals surface area (Å²) in [6.45, 7) is 0.325. The fourth-order valence-corrected chi connectivity index (χ4v) is 1.74. The van der Waals surface area contributed by atoms with Crippen LogP contribution in [0.15, 0.2) is 30.7 Å². The summed E-state index contributed by atoms with van der Waals surface area (Å²) in [5.41, 5.74) is 0.190. The largest absolute Gasteiger partial charge is 0.478 e. The van der Waals surface area contributed by atoms with Crippen molar-refractivity contribution in [3.63, 3.8) is 0 Å². The molecule has 0 bridgehead atoms. The second-order valence-electron chi connectivity index (χ2n) is 4.18. The molecule has 2 rings (SSSR count). The van der Waals surface area contributed by atoms with E-state index >= 15 is 0 Å². The molecule has 0 atom stereocenters. The maximum atomic E-state index is 13.4. The van der Waals surface area contributed by atoms with E-state index in [-0.39, 0.29) is 5.69 Å². The molecular weight excluding hydrogens is 279 g/mol. The van der Waals surface area contributed by atoms with Crippen molar-refractivity contribution < 1.29 is 19.1 Å². The molecule has 0 spiro atoms. The molecule has 0 aliphatic rings. The molecule has 8 heteroatoms. The number of imidazole rings is 1. The van der Waals surface area contributed by atoms with E-state index in [4.69, 9.17) is 5.11 Å². The number of carboxylic acids is 1. The minimum absolute atomic E-state index is 0.0958. The average Bonchev–Trinajstić information content (AvgIpc) is 2.91. The Balaban J connectivity index is 1.93. The first kappa shape index (κ1) is 14.5. The SMILES string of the molecule is O=C(NCCc1cnc[nH]1)Nc1cccc(F)c1C(=O)O. The van der Waals surface area contributed by atoms with Crippen LogP contribution in [0, 0.1) is 5.82 Å². The molecule has 0 unspecified atom stereocenters. The van der Waals surface area contributed by atoms with Gasteiger partial charge in [0.15, 0.2) is 0 Å². The third kappa shape index (κ3) is 3.78. The van der Waals surface area contributed by atoms with Crippen molar-refractivity contribution in [1.82, 2.24) is 15.3 Å². The van der Waals surface area contributed by atoms with Gasteiger partial charge in [0.2, 0.25) is 0 Å². The molecule has 7 nitrogen and oxygen atoms in total. The smallest absolute Gasteiger partial charge is 0.340 e. The molecule has 0 fully saturated rings. The zero-order valence-corrected chi connectivity index (χ0v) is 10.9. The maximum Gasteiger partial charge on any atom is 0.340 e. The lowest BCUT2D eigenvalue weighted by Gasteiger charge is -2.10. The number of halogens is 1. The quantitative estimate of drug-likeness (QED) is 0.671. The molecule has 2 amide bonds. The number of H-pyrrole nitrogens is 1. The van der Waals surface area contributed by atoms with Gasteiger partial charge in [-0.2, -0.15) is 0 Å². The highest BCUT2D eigenvalue weighted by molar-refractivity contribution is 6.00. The fraction of sp³-hybridized carbons (Fsp3) is 0.154. The summed E-state index contributed by atoms with van der Waals surface area (Å²) >= 11 is 0. The number of amides is 2. The summed E-state index contributed by atoms with van der Waals surface area (Å²) in [5.74, 6) is -2.35. The van der Waals surface area contributed by atoms with E-state index in [1.807, 2.05) is 0 Å². The lowest BCUT2D eigenvalue weighted by molar-refractivity contribution is 0.0693. The summed E-state index contributed by atoms with van der Waals surface area (Å²) in [6, 6.07) is 3.05. The number of benzene rings is 1. The zero-order chi connectivity index (χ0) is 15.2. The number of rotatable bonds is 5. The first-order valence-electron chi connectivity index (χ1n) is 6.12. The van der Waals surface area contributed by atoms with Crippen molar-refractivity contribution in [2.45, 2.75) is 6.42 Å². The van der Waals surface area contributed by atoms with E-state index in [0.29, 0.717) is 13.0 Å². The van der Waals surface area contributed by atoms with Gasteiger partial charge in [0.05, 0.1) is 12.0 Å². The molecule has 0 aliphatic carbocycles. The van der Waals surface area contributed by atoms with Crippen LogP contribution in [0.1, 0.15) is 16.1 Å². The number of nitrogens with zero attached hydrogens (tertiary/aromatic N) is 1. The highest BCUT2D eigenvalue weighted by Gasteiger charge is 2.16. The van der Waals surface area contributed by atoms with E-state index in [9.17, 15) is 14.0 Å². The van der Waals surface area contributed by atoms with Gasteiger partial charge in [0.1, 0.15) is 11.4 Å². The molecule has 0 radical (unpaired) electrons. The molecule has 0 aliphatic heterocycles. The van der Waals surface area contributed by atoms with Crippen molar-refractivity contribution in [2.24, 2.45) is 0 Å². The van der Waals surface area contributed by atoms with Crippen LogP contribution >= 0.6 is 0 Å². The van der Waals surface area contributed by atoms with Gasteiger partial charge in [-0.15, -0.1) is 0 Å². The summed E-state index contributed by atoms with van der Waals surface area (Å²) in [7, 11) is 0. The summed E-state index contributed by atoms with van der Waals surface area (Å²) in [5, 5.41) is 13.8. The Morgan fingerprint density at radius 2 is 2.19 bits per heavy atom. The lowest BCUT2D eigenvalue weighted by atomic mass is 10.1. The predicted octanol–water partition coefficient (Wildman–Crippen LogP) is 1.61. The van der Waals surface area contributed by atoms with Gasteiger partial charge < -0.3 is 20.7 Å². The van der Waals surface area contributed by atoms with Gasteiger partial charge >= 0.3 is 12.0 Å². The third-order valence-corrected chi connectivity index (χ3v) is 2.71. The monoisotopic (exact) mass is 292 g/mol. The highest BCUT2D eigenvalue weighted by atomic mass is 19.1. The van der Waals surface area contributed by atoms with Gasteiger partial charge in [-0.25, -0.2) is 19.0 Å². The number of urea groups is 1. The molecule has 4 N–H and O–H groups in total. The summed E-state index contributed by atoms with van der Waals surface area (Å²) in [4.78, 5) is 29.4. The van der Waals surface area contributed by atoms with E-state index in [1.54, 1.807) is 6.20 Å². The standard InChI is InChI=1S/C13H13FN4O3/c14-9-2-1-3-10(11(9)12(19)20)18-13(21)16-5-4-8-6-15-7-17-8/h1-3,6-7H,4-5H2,(H,15,17)(H,19,20)(H2,16,18,21). The van der Waals surface area contributed by atoms with Crippen LogP contribution in [0.25, 0.3) is 0 Å². The van der Waals surface area contributed by atoms with E-state index in [1.165, 1.54) is 18.5 Å². The van der Waals surface area contributed by atoms with Crippen molar-refractivity contribution >= 4 is 17.7 Å². The number of nitrogens with one attached hydrogen (secondary N) is 3. The minimum atomic E-state index is -1.44. The molecule has 1 aromatic heterocycles. The van der Waals surface area contributed by atoms with E-state index in [0.717, 1.165) is 11.8 Å².